The van der Waals surface area contributed by atoms with Gasteiger partial charge in [-0.3, -0.25) is 0 Å². The van der Waals surface area contributed by atoms with Gasteiger partial charge in [-0.1, -0.05) is 6.07 Å². The summed E-state index contributed by atoms with van der Waals surface area (Å²) in [6.45, 7) is 1.45. The molecule has 4 nitrogen and oxygen atoms in total. The Balaban J connectivity index is 1.71. The van der Waals surface area contributed by atoms with E-state index in [1.165, 1.54) is 24.8 Å². The summed E-state index contributed by atoms with van der Waals surface area (Å²) >= 11 is 0. The van der Waals surface area contributed by atoms with Crippen molar-refractivity contribution in [1.29, 1.82) is 0 Å². The SMILES string of the molecule is COc1ccc(CCN)cc1OC1CCOC2(CCC2)C1. The van der Waals surface area contributed by atoms with E-state index in [4.69, 9.17) is 19.9 Å². The van der Waals surface area contributed by atoms with Crippen LogP contribution in [0.3, 0.4) is 0 Å². The Kier molecular flexibility index (Phi) is 4.36. The third kappa shape index (κ3) is 3.16. The minimum absolute atomic E-state index is 0.102. The Morgan fingerprint density at radius 3 is 2.86 bits per heavy atom. The van der Waals surface area contributed by atoms with Gasteiger partial charge in [0.15, 0.2) is 11.5 Å². The molecule has 21 heavy (non-hydrogen) atoms. The molecule has 1 spiro atoms. The molecule has 0 bridgehead atoms. The highest BCUT2D eigenvalue weighted by Gasteiger charge is 2.43. The predicted molar refractivity (Wildman–Crippen MR) is 81.9 cm³/mol. The number of hydrogen-bond donors (Lipinski definition) is 1. The van der Waals surface area contributed by atoms with Gasteiger partial charge in [0.2, 0.25) is 0 Å². The molecule has 1 saturated carbocycles. The Morgan fingerprint density at radius 1 is 1.33 bits per heavy atom. The van der Waals surface area contributed by atoms with Crippen LogP contribution >= 0.6 is 0 Å². The Morgan fingerprint density at radius 2 is 2.19 bits per heavy atom. The van der Waals surface area contributed by atoms with E-state index in [2.05, 4.69) is 12.1 Å². The van der Waals surface area contributed by atoms with Crippen LogP contribution in [-0.4, -0.2) is 32.0 Å². The summed E-state index contributed by atoms with van der Waals surface area (Å²) < 4.78 is 17.6. The first-order valence-electron chi connectivity index (χ1n) is 7.92. The summed E-state index contributed by atoms with van der Waals surface area (Å²) in [4.78, 5) is 0. The summed E-state index contributed by atoms with van der Waals surface area (Å²) in [5, 5.41) is 0. The standard InChI is InChI=1S/C17H25NO3/c1-19-15-4-3-13(5-9-18)11-16(15)21-14-6-10-20-17(12-14)7-2-8-17/h3-4,11,14H,2,5-10,12,18H2,1H3. The predicted octanol–water partition coefficient (Wildman–Crippen LogP) is 2.68. The van der Waals surface area contributed by atoms with Crippen LogP contribution in [0.25, 0.3) is 0 Å². The molecule has 1 atom stereocenters. The number of methoxy groups -OCH3 is 1. The molecule has 0 radical (unpaired) electrons. The van der Waals surface area contributed by atoms with Gasteiger partial charge in [-0.15, -0.1) is 0 Å². The minimum atomic E-state index is 0.102. The third-order valence-electron chi connectivity index (χ3n) is 4.67. The van der Waals surface area contributed by atoms with E-state index in [0.717, 1.165) is 37.4 Å². The summed E-state index contributed by atoms with van der Waals surface area (Å²) in [5.41, 5.74) is 6.93. The lowest BCUT2D eigenvalue weighted by atomic mass is 9.74. The van der Waals surface area contributed by atoms with Gasteiger partial charge < -0.3 is 19.9 Å². The van der Waals surface area contributed by atoms with Crippen molar-refractivity contribution in [2.75, 3.05) is 20.3 Å². The highest BCUT2D eigenvalue weighted by molar-refractivity contribution is 5.43. The average molecular weight is 291 g/mol. The molecule has 2 aliphatic rings. The van der Waals surface area contributed by atoms with Crippen molar-refractivity contribution < 1.29 is 14.2 Å². The quantitative estimate of drug-likeness (QED) is 0.906. The molecule has 2 N–H and O–H groups in total. The molecule has 1 unspecified atom stereocenters. The molecule has 3 rings (SSSR count). The Bertz CT molecular complexity index is 485. The van der Waals surface area contributed by atoms with Crippen molar-refractivity contribution in [3.8, 4) is 11.5 Å². The number of rotatable bonds is 5. The van der Waals surface area contributed by atoms with Crippen molar-refractivity contribution in [3.05, 3.63) is 23.8 Å². The molecule has 1 heterocycles. The summed E-state index contributed by atoms with van der Waals surface area (Å²) in [6, 6.07) is 6.09. The molecule has 1 aliphatic heterocycles. The number of nitrogens with two attached hydrogens (primary N) is 1. The van der Waals surface area contributed by atoms with E-state index in [-0.39, 0.29) is 11.7 Å². The van der Waals surface area contributed by atoms with Crippen LogP contribution in [0.4, 0.5) is 0 Å². The van der Waals surface area contributed by atoms with Crippen LogP contribution in [-0.2, 0) is 11.2 Å². The van der Waals surface area contributed by atoms with Gasteiger partial charge in [-0.05, 0) is 49.9 Å². The third-order valence-corrected chi connectivity index (χ3v) is 4.67. The maximum atomic E-state index is 6.25. The first-order valence-corrected chi connectivity index (χ1v) is 7.92. The Hall–Kier alpha value is -1.26. The van der Waals surface area contributed by atoms with Crippen molar-refractivity contribution in [2.24, 2.45) is 5.73 Å². The van der Waals surface area contributed by atoms with Gasteiger partial charge in [0.05, 0.1) is 19.3 Å². The van der Waals surface area contributed by atoms with Crippen molar-refractivity contribution >= 4 is 0 Å². The summed E-state index contributed by atoms with van der Waals surface area (Å²) in [6.07, 6.45) is 6.67. The first-order chi connectivity index (χ1) is 10.2. The zero-order valence-electron chi connectivity index (χ0n) is 12.8. The average Bonchev–Trinajstić information content (AvgIpc) is 2.47. The lowest BCUT2D eigenvalue weighted by Gasteiger charge is -2.46. The summed E-state index contributed by atoms with van der Waals surface area (Å²) in [5.74, 6) is 1.63. The smallest absolute Gasteiger partial charge is 0.161 e. The maximum Gasteiger partial charge on any atom is 0.161 e. The molecule has 1 aromatic rings. The van der Waals surface area contributed by atoms with Crippen molar-refractivity contribution in [2.45, 2.75) is 50.2 Å². The highest BCUT2D eigenvalue weighted by atomic mass is 16.5. The number of ether oxygens (including phenoxy) is 3. The largest absolute Gasteiger partial charge is 0.493 e. The van der Waals surface area contributed by atoms with Gasteiger partial charge in [0.25, 0.3) is 0 Å². The van der Waals surface area contributed by atoms with E-state index >= 15 is 0 Å². The van der Waals surface area contributed by atoms with Gasteiger partial charge in [-0.2, -0.15) is 0 Å². The monoisotopic (exact) mass is 291 g/mol. The van der Waals surface area contributed by atoms with E-state index in [9.17, 15) is 0 Å². The van der Waals surface area contributed by atoms with Crippen LogP contribution in [0.15, 0.2) is 18.2 Å². The molecular weight excluding hydrogens is 266 g/mol. The van der Waals surface area contributed by atoms with Crippen LogP contribution in [0, 0.1) is 0 Å². The van der Waals surface area contributed by atoms with Crippen LogP contribution in [0.2, 0.25) is 0 Å². The molecule has 0 amide bonds. The van der Waals surface area contributed by atoms with E-state index in [1.807, 2.05) is 6.07 Å². The fraction of sp³-hybridized carbons (Fsp3) is 0.647. The maximum absolute atomic E-state index is 6.25. The zero-order valence-corrected chi connectivity index (χ0v) is 12.8. The first kappa shape index (κ1) is 14.7. The lowest BCUT2D eigenvalue weighted by Crippen LogP contribution is -2.48. The molecule has 4 heteroatoms. The zero-order chi connectivity index (χ0) is 14.7. The van der Waals surface area contributed by atoms with Crippen molar-refractivity contribution in [3.63, 3.8) is 0 Å². The van der Waals surface area contributed by atoms with E-state index in [0.29, 0.717) is 6.54 Å². The van der Waals surface area contributed by atoms with Gasteiger partial charge in [0, 0.05) is 12.8 Å². The van der Waals surface area contributed by atoms with Crippen LogP contribution in [0.1, 0.15) is 37.7 Å². The highest BCUT2D eigenvalue weighted by Crippen LogP contribution is 2.43. The van der Waals surface area contributed by atoms with Gasteiger partial charge in [0.1, 0.15) is 6.10 Å². The second kappa shape index (κ2) is 6.24. The second-order valence-corrected chi connectivity index (χ2v) is 6.14. The summed E-state index contributed by atoms with van der Waals surface area (Å²) in [7, 11) is 1.68. The fourth-order valence-corrected chi connectivity index (χ4v) is 3.32. The molecule has 1 aromatic carbocycles. The van der Waals surface area contributed by atoms with Crippen LogP contribution in [0.5, 0.6) is 11.5 Å². The van der Waals surface area contributed by atoms with E-state index in [1.54, 1.807) is 7.11 Å². The van der Waals surface area contributed by atoms with Crippen LogP contribution < -0.4 is 15.2 Å². The van der Waals surface area contributed by atoms with E-state index < -0.39 is 0 Å². The van der Waals surface area contributed by atoms with Gasteiger partial charge in [-0.25, -0.2) is 0 Å². The lowest BCUT2D eigenvalue weighted by molar-refractivity contribution is -0.153. The normalized spacial score (nSPS) is 23.6. The molecule has 1 aliphatic carbocycles. The van der Waals surface area contributed by atoms with Crippen molar-refractivity contribution in [1.82, 2.24) is 0 Å². The topological polar surface area (TPSA) is 53.7 Å². The molecule has 0 aromatic heterocycles. The molecule has 1 saturated heterocycles. The van der Waals surface area contributed by atoms with Gasteiger partial charge >= 0.3 is 0 Å². The molecular formula is C17H25NO3. The molecule has 116 valence electrons. The number of benzene rings is 1. The molecule has 2 fully saturated rings. The second-order valence-electron chi connectivity index (χ2n) is 6.14. The Labute approximate surface area is 126 Å². The minimum Gasteiger partial charge on any atom is -0.493 e. The number of hydrogen-bond acceptors (Lipinski definition) is 4. The fourth-order valence-electron chi connectivity index (χ4n) is 3.32.